The van der Waals surface area contributed by atoms with Crippen LogP contribution in [0.15, 0.2) is 10.5 Å². The molecule has 1 heterocycles. The van der Waals surface area contributed by atoms with Crippen LogP contribution in [0.2, 0.25) is 0 Å². The number of fused-ring (bicyclic) bond motifs is 1. The van der Waals surface area contributed by atoms with Crippen LogP contribution in [0.1, 0.15) is 18.1 Å². The van der Waals surface area contributed by atoms with E-state index in [4.69, 9.17) is 15.2 Å². The highest BCUT2D eigenvalue weighted by molar-refractivity contribution is 9.10. The van der Waals surface area contributed by atoms with Gasteiger partial charge in [-0.2, -0.15) is 0 Å². The molecule has 0 saturated carbocycles. The Morgan fingerprint density at radius 2 is 2.12 bits per heavy atom. The summed E-state index contributed by atoms with van der Waals surface area (Å²) in [6, 6.07) is 2.16. The standard InChI is InChI=1S/C12H16BrNO2/c1-7(14)5-9-6-10-12(8(2)11(9)13)16-4-3-15-10/h6-7H,3-5,14H2,1-2H3. The van der Waals surface area contributed by atoms with E-state index in [2.05, 4.69) is 15.9 Å². The molecule has 1 aromatic carbocycles. The van der Waals surface area contributed by atoms with Gasteiger partial charge in [0.15, 0.2) is 11.5 Å². The number of nitrogens with two attached hydrogens (primary N) is 1. The zero-order valence-electron chi connectivity index (χ0n) is 9.55. The maximum absolute atomic E-state index is 5.83. The zero-order chi connectivity index (χ0) is 11.7. The van der Waals surface area contributed by atoms with E-state index in [1.807, 2.05) is 19.9 Å². The summed E-state index contributed by atoms with van der Waals surface area (Å²) >= 11 is 3.60. The Hall–Kier alpha value is -0.740. The van der Waals surface area contributed by atoms with Gasteiger partial charge in [0.2, 0.25) is 0 Å². The lowest BCUT2D eigenvalue weighted by molar-refractivity contribution is 0.170. The maximum Gasteiger partial charge on any atom is 0.165 e. The Labute approximate surface area is 104 Å². The van der Waals surface area contributed by atoms with Gasteiger partial charge in [0, 0.05) is 16.1 Å². The molecule has 0 radical (unpaired) electrons. The van der Waals surface area contributed by atoms with Gasteiger partial charge in [-0.1, -0.05) is 15.9 Å². The van der Waals surface area contributed by atoms with Crippen LogP contribution in [0.4, 0.5) is 0 Å². The second-order valence-electron chi connectivity index (χ2n) is 4.18. The summed E-state index contributed by atoms with van der Waals surface area (Å²) in [6.45, 7) is 5.26. The summed E-state index contributed by atoms with van der Waals surface area (Å²) in [5.74, 6) is 1.69. The van der Waals surface area contributed by atoms with Crippen molar-refractivity contribution in [1.82, 2.24) is 0 Å². The Morgan fingerprint density at radius 1 is 1.44 bits per heavy atom. The first-order valence-corrected chi connectivity index (χ1v) is 6.22. The Balaban J connectivity index is 2.44. The van der Waals surface area contributed by atoms with Crippen molar-refractivity contribution in [2.24, 2.45) is 5.73 Å². The fourth-order valence-electron chi connectivity index (χ4n) is 1.89. The van der Waals surface area contributed by atoms with Gasteiger partial charge < -0.3 is 15.2 Å². The summed E-state index contributed by atoms with van der Waals surface area (Å²) in [7, 11) is 0. The van der Waals surface area contributed by atoms with E-state index in [1.54, 1.807) is 0 Å². The first-order chi connectivity index (χ1) is 7.59. The molecule has 1 atom stereocenters. The highest BCUT2D eigenvalue weighted by Gasteiger charge is 2.19. The molecule has 3 nitrogen and oxygen atoms in total. The van der Waals surface area contributed by atoms with E-state index in [0.29, 0.717) is 13.2 Å². The fraction of sp³-hybridized carbons (Fsp3) is 0.500. The molecule has 4 heteroatoms. The molecule has 16 heavy (non-hydrogen) atoms. The van der Waals surface area contributed by atoms with Crippen molar-refractivity contribution < 1.29 is 9.47 Å². The van der Waals surface area contributed by atoms with Crippen LogP contribution in [0.25, 0.3) is 0 Å². The van der Waals surface area contributed by atoms with Crippen LogP contribution in [-0.2, 0) is 6.42 Å². The molecular formula is C12H16BrNO2. The third kappa shape index (κ3) is 2.18. The van der Waals surface area contributed by atoms with Crippen molar-refractivity contribution in [3.63, 3.8) is 0 Å². The Bertz CT molecular complexity index is 404. The predicted octanol–water partition coefficient (Wildman–Crippen LogP) is 2.42. The minimum Gasteiger partial charge on any atom is -0.486 e. The average molecular weight is 286 g/mol. The molecule has 2 N–H and O–H groups in total. The largest absolute Gasteiger partial charge is 0.486 e. The van der Waals surface area contributed by atoms with E-state index in [0.717, 1.165) is 28.0 Å². The van der Waals surface area contributed by atoms with Crippen LogP contribution < -0.4 is 15.2 Å². The molecule has 0 aromatic heterocycles. The van der Waals surface area contributed by atoms with E-state index >= 15 is 0 Å². The quantitative estimate of drug-likeness (QED) is 0.908. The first kappa shape index (κ1) is 11.7. The summed E-state index contributed by atoms with van der Waals surface area (Å²) < 4.78 is 12.3. The number of hydrogen-bond acceptors (Lipinski definition) is 3. The molecule has 0 aliphatic carbocycles. The fourth-order valence-corrected chi connectivity index (χ4v) is 2.35. The normalized spacial score (nSPS) is 16.0. The molecule has 88 valence electrons. The molecular weight excluding hydrogens is 270 g/mol. The molecule has 1 aromatic rings. The topological polar surface area (TPSA) is 44.5 Å². The molecule has 0 spiro atoms. The maximum atomic E-state index is 5.83. The summed E-state index contributed by atoms with van der Waals surface area (Å²) in [5, 5.41) is 0. The van der Waals surface area contributed by atoms with Crippen molar-refractivity contribution in [2.75, 3.05) is 13.2 Å². The lowest BCUT2D eigenvalue weighted by Crippen LogP contribution is -2.20. The van der Waals surface area contributed by atoms with Gasteiger partial charge in [-0.15, -0.1) is 0 Å². The molecule has 0 saturated heterocycles. The number of ether oxygens (including phenoxy) is 2. The van der Waals surface area contributed by atoms with Gasteiger partial charge in [0.05, 0.1) is 0 Å². The SMILES string of the molecule is Cc1c(Br)c(CC(C)N)cc2c1OCCO2. The summed E-state index contributed by atoms with van der Waals surface area (Å²) in [4.78, 5) is 0. The third-order valence-electron chi connectivity index (χ3n) is 2.61. The van der Waals surface area contributed by atoms with E-state index < -0.39 is 0 Å². The number of hydrogen-bond donors (Lipinski definition) is 1. The monoisotopic (exact) mass is 285 g/mol. The Kier molecular flexibility index (Phi) is 3.40. The smallest absolute Gasteiger partial charge is 0.165 e. The molecule has 2 rings (SSSR count). The molecule has 1 unspecified atom stereocenters. The first-order valence-electron chi connectivity index (χ1n) is 5.42. The van der Waals surface area contributed by atoms with Gasteiger partial charge >= 0.3 is 0 Å². The molecule has 0 amide bonds. The average Bonchev–Trinajstić information content (AvgIpc) is 2.25. The molecule has 0 bridgehead atoms. The predicted molar refractivity (Wildman–Crippen MR) is 67.2 cm³/mol. The van der Waals surface area contributed by atoms with E-state index in [1.165, 1.54) is 5.56 Å². The highest BCUT2D eigenvalue weighted by Crippen LogP contribution is 2.40. The number of rotatable bonds is 2. The van der Waals surface area contributed by atoms with Crippen molar-refractivity contribution in [3.8, 4) is 11.5 Å². The number of benzene rings is 1. The summed E-state index contributed by atoms with van der Waals surface area (Å²) in [5.41, 5.74) is 8.09. The van der Waals surface area contributed by atoms with Crippen LogP contribution in [-0.4, -0.2) is 19.3 Å². The highest BCUT2D eigenvalue weighted by atomic mass is 79.9. The molecule has 1 aliphatic rings. The lowest BCUT2D eigenvalue weighted by Gasteiger charge is -2.23. The summed E-state index contributed by atoms with van der Waals surface area (Å²) in [6.07, 6.45) is 0.831. The molecule has 1 aliphatic heterocycles. The van der Waals surface area contributed by atoms with Crippen molar-refractivity contribution in [3.05, 3.63) is 21.7 Å². The van der Waals surface area contributed by atoms with Gasteiger partial charge in [-0.25, -0.2) is 0 Å². The van der Waals surface area contributed by atoms with Crippen molar-refractivity contribution in [1.29, 1.82) is 0 Å². The van der Waals surface area contributed by atoms with Gasteiger partial charge in [-0.3, -0.25) is 0 Å². The lowest BCUT2D eigenvalue weighted by atomic mass is 10.0. The zero-order valence-corrected chi connectivity index (χ0v) is 11.1. The van der Waals surface area contributed by atoms with Gasteiger partial charge in [0.1, 0.15) is 13.2 Å². The van der Waals surface area contributed by atoms with Crippen LogP contribution >= 0.6 is 15.9 Å². The number of halogens is 1. The van der Waals surface area contributed by atoms with Gasteiger partial charge in [0.25, 0.3) is 0 Å². The van der Waals surface area contributed by atoms with Crippen molar-refractivity contribution >= 4 is 15.9 Å². The minimum atomic E-state index is 0.137. The van der Waals surface area contributed by atoms with Crippen LogP contribution in [0.5, 0.6) is 11.5 Å². The Morgan fingerprint density at radius 3 is 2.81 bits per heavy atom. The second kappa shape index (κ2) is 4.63. The van der Waals surface area contributed by atoms with E-state index in [9.17, 15) is 0 Å². The van der Waals surface area contributed by atoms with Crippen LogP contribution in [0, 0.1) is 6.92 Å². The minimum absolute atomic E-state index is 0.137. The third-order valence-corrected chi connectivity index (χ3v) is 3.71. The van der Waals surface area contributed by atoms with E-state index in [-0.39, 0.29) is 6.04 Å². The van der Waals surface area contributed by atoms with Crippen LogP contribution in [0.3, 0.4) is 0 Å². The molecule has 0 fully saturated rings. The second-order valence-corrected chi connectivity index (χ2v) is 4.97. The van der Waals surface area contributed by atoms with Crippen molar-refractivity contribution in [2.45, 2.75) is 26.3 Å². The van der Waals surface area contributed by atoms with Gasteiger partial charge in [-0.05, 0) is 31.9 Å².